The molecular weight excluding hydrogens is 489 g/mol. The molecule has 0 spiro atoms. The number of aromatic nitrogens is 1. The highest BCUT2D eigenvalue weighted by atomic mass is 19.1. The summed E-state index contributed by atoms with van der Waals surface area (Å²) in [7, 11) is 2.07. The van der Waals surface area contributed by atoms with E-state index < -0.39 is 0 Å². The highest BCUT2D eigenvalue weighted by Crippen LogP contribution is 2.42. The van der Waals surface area contributed by atoms with E-state index in [9.17, 15) is 4.39 Å². The molecule has 0 bridgehead atoms. The number of para-hydroxylation sites is 1. The Kier molecular flexibility index (Phi) is 6.83. The fraction of sp³-hybridized carbons (Fsp3) is 0.281. The zero-order valence-corrected chi connectivity index (χ0v) is 22.3. The molecule has 2 N–H and O–H groups in total. The number of anilines is 1. The van der Waals surface area contributed by atoms with Gasteiger partial charge in [0, 0.05) is 54.9 Å². The van der Waals surface area contributed by atoms with Gasteiger partial charge in [0.05, 0.1) is 24.1 Å². The average molecular weight is 524 g/mol. The largest absolute Gasteiger partial charge is 0.489 e. The number of nitrogens with two attached hydrogens (primary N) is 1. The molecular formula is C32H34FN5O. The lowest BCUT2D eigenvalue weighted by Gasteiger charge is -2.35. The van der Waals surface area contributed by atoms with E-state index in [0.29, 0.717) is 13.2 Å². The Morgan fingerprint density at radius 2 is 1.95 bits per heavy atom. The molecule has 1 aromatic heterocycles. The van der Waals surface area contributed by atoms with Crippen molar-refractivity contribution in [2.75, 3.05) is 38.2 Å². The Morgan fingerprint density at radius 1 is 1.13 bits per heavy atom. The van der Waals surface area contributed by atoms with E-state index in [1.54, 1.807) is 0 Å². The lowest BCUT2D eigenvalue weighted by atomic mass is 10.0. The van der Waals surface area contributed by atoms with Gasteiger partial charge in [0.2, 0.25) is 0 Å². The average Bonchev–Trinajstić information content (AvgIpc) is 3.29. The third kappa shape index (κ3) is 5.14. The van der Waals surface area contributed by atoms with Gasteiger partial charge in [-0.3, -0.25) is 4.99 Å². The number of piperidine rings is 1. The van der Waals surface area contributed by atoms with Crippen LogP contribution in [0.15, 0.2) is 78.3 Å². The maximum Gasteiger partial charge on any atom is 0.145 e. The molecule has 1 saturated heterocycles. The number of fused-ring (bicyclic) bond motifs is 2. The lowest BCUT2D eigenvalue weighted by Crippen LogP contribution is -2.41. The smallest absolute Gasteiger partial charge is 0.145 e. The Bertz CT molecular complexity index is 1540. The number of rotatable bonds is 6. The molecule has 200 valence electrons. The molecule has 3 heterocycles. The second kappa shape index (κ2) is 10.6. The van der Waals surface area contributed by atoms with E-state index in [1.807, 2.05) is 30.5 Å². The molecule has 0 aliphatic carbocycles. The summed E-state index contributed by atoms with van der Waals surface area (Å²) >= 11 is 0. The topological polar surface area (TPSA) is 59.0 Å². The maximum atomic E-state index is 13.5. The molecule has 1 fully saturated rings. The molecule has 4 aromatic rings. The van der Waals surface area contributed by atoms with Gasteiger partial charge < -0.3 is 24.8 Å². The Balaban J connectivity index is 1.40. The molecule has 6 rings (SSSR count). The number of nitrogens with zero attached hydrogens (tertiary/aromatic N) is 4. The van der Waals surface area contributed by atoms with Gasteiger partial charge in [-0.2, -0.15) is 0 Å². The zero-order valence-electron chi connectivity index (χ0n) is 22.3. The second-order valence-corrected chi connectivity index (χ2v) is 10.5. The first-order chi connectivity index (χ1) is 19.0. The Labute approximate surface area is 228 Å². The van der Waals surface area contributed by atoms with Crippen molar-refractivity contribution >= 4 is 34.2 Å². The van der Waals surface area contributed by atoms with E-state index >= 15 is 0 Å². The predicted molar refractivity (Wildman–Crippen MR) is 158 cm³/mol. The number of hydrogen-bond acceptors (Lipinski definition) is 5. The number of ether oxygens (including phenoxy) is 1. The van der Waals surface area contributed by atoms with Gasteiger partial charge in [-0.15, -0.1) is 0 Å². The normalized spacial score (nSPS) is 17.5. The van der Waals surface area contributed by atoms with E-state index in [1.165, 1.54) is 12.1 Å². The maximum absolute atomic E-state index is 13.5. The van der Waals surface area contributed by atoms with Crippen molar-refractivity contribution in [1.82, 2.24) is 9.47 Å². The molecule has 2 aliphatic rings. The number of likely N-dealkylation sites (tertiary alicyclic amines) is 1. The van der Waals surface area contributed by atoms with Crippen LogP contribution in [0.3, 0.4) is 0 Å². The van der Waals surface area contributed by atoms with Crippen molar-refractivity contribution in [3.8, 4) is 5.75 Å². The summed E-state index contributed by atoms with van der Waals surface area (Å²) in [4.78, 5) is 9.51. The molecule has 39 heavy (non-hydrogen) atoms. The summed E-state index contributed by atoms with van der Waals surface area (Å²) in [6, 6.07) is 21.4. The molecule has 6 nitrogen and oxygen atoms in total. The Morgan fingerprint density at radius 3 is 2.77 bits per heavy atom. The molecule has 1 unspecified atom stereocenters. The van der Waals surface area contributed by atoms with Crippen LogP contribution in [0.5, 0.6) is 5.75 Å². The van der Waals surface area contributed by atoms with E-state index in [0.717, 1.165) is 83.0 Å². The number of benzene rings is 3. The summed E-state index contributed by atoms with van der Waals surface area (Å²) in [5, 5.41) is 1.13. The van der Waals surface area contributed by atoms with E-state index in [4.69, 9.17) is 15.5 Å². The molecule has 1 atom stereocenters. The van der Waals surface area contributed by atoms with Crippen molar-refractivity contribution < 1.29 is 9.13 Å². The van der Waals surface area contributed by atoms with Crippen molar-refractivity contribution in [1.29, 1.82) is 0 Å². The number of hydrogen-bond donors (Lipinski definition) is 1. The second-order valence-electron chi connectivity index (χ2n) is 10.5. The molecule has 2 aliphatic heterocycles. The molecule has 0 saturated carbocycles. The summed E-state index contributed by atoms with van der Waals surface area (Å²) in [6.07, 6.45) is 4.03. The highest BCUT2D eigenvalue weighted by molar-refractivity contribution is 5.93. The van der Waals surface area contributed by atoms with Gasteiger partial charge in [-0.05, 0) is 54.8 Å². The third-order valence-electron chi connectivity index (χ3n) is 7.73. The monoisotopic (exact) mass is 523 g/mol. The van der Waals surface area contributed by atoms with Crippen molar-refractivity contribution in [3.05, 3.63) is 95.9 Å². The van der Waals surface area contributed by atoms with Crippen LogP contribution >= 0.6 is 0 Å². The Hall–Kier alpha value is -4.10. The molecule has 3 aromatic carbocycles. The summed E-state index contributed by atoms with van der Waals surface area (Å²) < 4.78 is 21.9. The van der Waals surface area contributed by atoms with Crippen molar-refractivity contribution in [2.24, 2.45) is 10.7 Å². The minimum Gasteiger partial charge on any atom is -0.489 e. The SMILES string of the molecule is C=C(c1cc(/N=C/c2cc3ccccc3n2Cc2ccc(F)cc2)c2c(c1)OCCN2C)N1CCCC(N)C1. The summed E-state index contributed by atoms with van der Waals surface area (Å²) in [6.45, 7) is 8.21. The van der Waals surface area contributed by atoms with Crippen LogP contribution in [0.4, 0.5) is 15.8 Å². The van der Waals surface area contributed by atoms with Gasteiger partial charge in [0.15, 0.2) is 0 Å². The van der Waals surface area contributed by atoms with Crippen LogP contribution in [-0.4, -0.2) is 55.0 Å². The third-order valence-corrected chi connectivity index (χ3v) is 7.73. The van der Waals surface area contributed by atoms with E-state index in [-0.39, 0.29) is 11.9 Å². The van der Waals surface area contributed by atoms with E-state index in [2.05, 4.69) is 58.3 Å². The highest BCUT2D eigenvalue weighted by Gasteiger charge is 2.24. The van der Waals surface area contributed by atoms with Crippen molar-refractivity contribution in [3.63, 3.8) is 0 Å². The van der Waals surface area contributed by atoms with Crippen LogP contribution in [-0.2, 0) is 6.54 Å². The van der Waals surface area contributed by atoms with Crippen LogP contribution in [0.2, 0.25) is 0 Å². The lowest BCUT2D eigenvalue weighted by molar-refractivity contribution is 0.295. The number of halogens is 1. The molecule has 0 amide bonds. The van der Waals surface area contributed by atoms with Crippen LogP contribution in [0, 0.1) is 5.82 Å². The van der Waals surface area contributed by atoms with Crippen LogP contribution in [0.1, 0.15) is 29.7 Å². The minimum atomic E-state index is -0.234. The zero-order chi connectivity index (χ0) is 26.9. The van der Waals surface area contributed by atoms with Gasteiger partial charge in [-0.25, -0.2) is 4.39 Å². The predicted octanol–water partition coefficient (Wildman–Crippen LogP) is 5.80. The number of likely N-dealkylation sites (N-methyl/N-ethyl adjacent to an activating group) is 1. The summed E-state index contributed by atoms with van der Waals surface area (Å²) in [5.74, 6) is 0.588. The number of aliphatic imine (C=N–C) groups is 1. The fourth-order valence-electron chi connectivity index (χ4n) is 5.62. The minimum absolute atomic E-state index is 0.163. The van der Waals surface area contributed by atoms with Gasteiger partial charge in [-0.1, -0.05) is 36.9 Å². The standard InChI is InChI=1S/C32H34FN5O/c1-22(37-13-5-7-27(34)21-37)25-17-29(32-31(18-25)39-15-14-36(32)2)35-19-28-16-24-6-3-4-8-30(24)38(28)20-23-9-11-26(33)12-10-23/h3-4,6,8-12,16-19,27H,1,5,7,13-15,20-21,34H2,2H3/b35-19+. The first-order valence-corrected chi connectivity index (χ1v) is 13.5. The fourth-order valence-corrected chi connectivity index (χ4v) is 5.62. The van der Waals surface area contributed by atoms with Crippen LogP contribution in [0.25, 0.3) is 16.6 Å². The van der Waals surface area contributed by atoms with Crippen molar-refractivity contribution in [2.45, 2.75) is 25.4 Å². The molecule has 7 heteroatoms. The summed E-state index contributed by atoms with van der Waals surface area (Å²) in [5.41, 5.74) is 13.1. The van der Waals surface area contributed by atoms with Gasteiger partial charge in [0.25, 0.3) is 0 Å². The first kappa shape index (κ1) is 25.2. The molecule has 0 radical (unpaired) electrons. The van der Waals surface area contributed by atoms with Crippen LogP contribution < -0.4 is 15.4 Å². The first-order valence-electron chi connectivity index (χ1n) is 13.5. The van der Waals surface area contributed by atoms with Gasteiger partial charge >= 0.3 is 0 Å². The van der Waals surface area contributed by atoms with Gasteiger partial charge in [0.1, 0.15) is 23.9 Å². The quantitative estimate of drug-likeness (QED) is 0.325.